The molecule has 0 aliphatic carbocycles. The molecule has 0 radical (unpaired) electrons. The second-order valence-electron chi connectivity index (χ2n) is 3.66. The van der Waals surface area contributed by atoms with Gasteiger partial charge in [-0.3, -0.25) is 0 Å². The van der Waals surface area contributed by atoms with E-state index in [4.69, 9.17) is 5.73 Å². The number of nitrogens with two attached hydrogens (primary N) is 1. The maximum absolute atomic E-state index is 12.4. The summed E-state index contributed by atoms with van der Waals surface area (Å²) in [5.41, 5.74) is 5.23. The third-order valence-corrected chi connectivity index (χ3v) is 3.86. The van der Waals surface area contributed by atoms with Gasteiger partial charge in [0.05, 0.1) is 5.75 Å². The molecular formula is C9H13F3N4O2S. The minimum atomic E-state index is -4.71. The lowest BCUT2D eigenvalue weighted by atomic mass is 10.4. The van der Waals surface area contributed by atoms with Gasteiger partial charge in [0, 0.05) is 18.4 Å². The van der Waals surface area contributed by atoms with Gasteiger partial charge < -0.3 is 11.1 Å². The highest BCUT2D eigenvalue weighted by Gasteiger charge is 2.35. The Morgan fingerprint density at radius 1 is 1.37 bits per heavy atom. The smallest absolute Gasteiger partial charge is 0.384 e. The number of aromatic nitrogens is 2. The van der Waals surface area contributed by atoms with Crippen molar-refractivity contribution in [1.29, 1.82) is 0 Å². The highest BCUT2D eigenvalue weighted by Crippen LogP contribution is 2.27. The van der Waals surface area contributed by atoms with Gasteiger partial charge in [-0.1, -0.05) is 6.92 Å². The number of hydrogen-bond acceptors (Lipinski definition) is 6. The summed E-state index contributed by atoms with van der Waals surface area (Å²) in [6.07, 6.45) is -4.71. The molecule has 0 aliphatic rings. The van der Waals surface area contributed by atoms with Crippen LogP contribution in [-0.4, -0.2) is 36.4 Å². The van der Waals surface area contributed by atoms with Crippen molar-refractivity contribution < 1.29 is 21.6 Å². The number of sulfone groups is 1. The van der Waals surface area contributed by atoms with Gasteiger partial charge in [-0.05, 0) is 0 Å². The Balaban J connectivity index is 2.77. The summed E-state index contributed by atoms with van der Waals surface area (Å²) in [4.78, 5) is 6.29. The maximum Gasteiger partial charge on any atom is 0.451 e. The third-order valence-electron chi connectivity index (χ3n) is 2.16. The summed E-state index contributed by atoms with van der Waals surface area (Å²) < 4.78 is 59.6. The van der Waals surface area contributed by atoms with Gasteiger partial charge in [-0.15, -0.1) is 0 Å². The molecule has 0 aliphatic heterocycles. The van der Waals surface area contributed by atoms with E-state index in [2.05, 4.69) is 15.3 Å². The number of halogens is 3. The Morgan fingerprint density at radius 2 is 2.00 bits per heavy atom. The standard InChI is InChI=1S/C9H13F3N4O2S/c1-2-19(17,18)4-3-14-7-5-6(13)15-8(16-7)9(10,11)12/h5H,2-4H2,1H3,(H3,13,14,15,16). The minimum Gasteiger partial charge on any atom is -0.384 e. The first-order valence-corrected chi connectivity index (χ1v) is 7.12. The summed E-state index contributed by atoms with van der Waals surface area (Å²) >= 11 is 0. The van der Waals surface area contributed by atoms with Gasteiger partial charge in [0.1, 0.15) is 11.6 Å². The molecule has 108 valence electrons. The minimum absolute atomic E-state index is 0.0333. The molecule has 1 heterocycles. The van der Waals surface area contributed by atoms with Crippen molar-refractivity contribution in [2.45, 2.75) is 13.1 Å². The monoisotopic (exact) mass is 298 g/mol. The molecule has 1 aromatic heterocycles. The number of anilines is 2. The van der Waals surface area contributed by atoms with Crippen LogP contribution in [0.5, 0.6) is 0 Å². The van der Waals surface area contributed by atoms with Crippen LogP contribution in [0.2, 0.25) is 0 Å². The van der Waals surface area contributed by atoms with Gasteiger partial charge in [0.15, 0.2) is 9.84 Å². The molecule has 0 unspecified atom stereocenters. The van der Waals surface area contributed by atoms with Crippen LogP contribution in [0.15, 0.2) is 6.07 Å². The van der Waals surface area contributed by atoms with Crippen LogP contribution < -0.4 is 11.1 Å². The van der Waals surface area contributed by atoms with Crippen molar-refractivity contribution >= 4 is 21.5 Å². The van der Waals surface area contributed by atoms with Crippen LogP contribution >= 0.6 is 0 Å². The zero-order valence-corrected chi connectivity index (χ0v) is 10.8. The van der Waals surface area contributed by atoms with Gasteiger partial charge in [-0.25, -0.2) is 18.4 Å². The Bertz CT molecular complexity index is 545. The summed E-state index contributed by atoms with van der Waals surface area (Å²) in [5, 5.41) is 2.48. The Labute approximate surface area is 108 Å². The second kappa shape index (κ2) is 5.59. The number of alkyl halides is 3. The first-order chi connectivity index (χ1) is 8.64. The molecule has 0 atom stereocenters. The molecule has 0 amide bonds. The fraction of sp³-hybridized carbons (Fsp3) is 0.556. The normalized spacial score (nSPS) is 12.4. The van der Waals surface area contributed by atoms with Crippen molar-refractivity contribution in [2.24, 2.45) is 0 Å². The van der Waals surface area contributed by atoms with E-state index >= 15 is 0 Å². The Hall–Kier alpha value is -1.58. The molecule has 0 saturated heterocycles. The molecule has 0 aromatic carbocycles. The van der Waals surface area contributed by atoms with E-state index in [1.54, 1.807) is 0 Å². The average molecular weight is 298 g/mol. The molecule has 1 aromatic rings. The van der Waals surface area contributed by atoms with Gasteiger partial charge >= 0.3 is 6.18 Å². The molecule has 3 N–H and O–H groups in total. The first kappa shape index (κ1) is 15.5. The van der Waals surface area contributed by atoms with Crippen molar-refractivity contribution in [1.82, 2.24) is 9.97 Å². The molecule has 0 saturated carbocycles. The third kappa shape index (κ3) is 4.89. The lowest BCUT2D eigenvalue weighted by molar-refractivity contribution is -0.144. The summed E-state index contributed by atoms with van der Waals surface area (Å²) in [7, 11) is -3.20. The van der Waals surface area contributed by atoms with Gasteiger partial charge in [-0.2, -0.15) is 13.2 Å². The van der Waals surface area contributed by atoms with E-state index in [0.29, 0.717) is 0 Å². The molecule has 19 heavy (non-hydrogen) atoms. The SMILES string of the molecule is CCS(=O)(=O)CCNc1cc(N)nc(C(F)(F)F)n1. The van der Waals surface area contributed by atoms with E-state index in [0.717, 1.165) is 6.07 Å². The van der Waals surface area contributed by atoms with E-state index < -0.39 is 21.8 Å². The Morgan fingerprint density at radius 3 is 2.53 bits per heavy atom. The van der Waals surface area contributed by atoms with Crippen molar-refractivity contribution in [3.8, 4) is 0 Å². The zero-order chi connectivity index (χ0) is 14.7. The van der Waals surface area contributed by atoms with Crippen LogP contribution in [0.4, 0.5) is 24.8 Å². The number of nitrogen functional groups attached to an aromatic ring is 1. The fourth-order valence-electron chi connectivity index (χ4n) is 1.16. The lowest BCUT2D eigenvalue weighted by Crippen LogP contribution is -2.19. The first-order valence-electron chi connectivity index (χ1n) is 5.30. The van der Waals surface area contributed by atoms with E-state index in [-0.39, 0.29) is 29.7 Å². The second-order valence-corrected chi connectivity index (χ2v) is 6.14. The highest BCUT2D eigenvalue weighted by molar-refractivity contribution is 7.91. The van der Waals surface area contributed by atoms with E-state index in [9.17, 15) is 21.6 Å². The van der Waals surface area contributed by atoms with E-state index in [1.807, 2.05) is 0 Å². The zero-order valence-electron chi connectivity index (χ0n) is 10.0. The summed E-state index contributed by atoms with van der Waals surface area (Å²) in [5.74, 6) is -2.11. The molecule has 10 heteroatoms. The predicted molar refractivity (Wildman–Crippen MR) is 64.3 cm³/mol. The fourth-order valence-corrected chi connectivity index (χ4v) is 1.86. The average Bonchev–Trinajstić information content (AvgIpc) is 2.27. The van der Waals surface area contributed by atoms with E-state index in [1.165, 1.54) is 6.92 Å². The van der Waals surface area contributed by atoms with Crippen molar-refractivity contribution in [3.63, 3.8) is 0 Å². The van der Waals surface area contributed by atoms with Crippen LogP contribution in [0.25, 0.3) is 0 Å². The van der Waals surface area contributed by atoms with Crippen molar-refractivity contribution in [3.05, 3.63) is 11.9 Å². The van der Waals surface area contributed by atoms with Crippen molar-refractivity contribution in [2.75, 3.05) is 29.1 Å². The maximum atomic E-state index is 12.4. The lowest BCUT2D eigenvalue weighted by Gasteiger charge is -2.10. The molecule has 0 bridgehead atoms. The number of hydrogen-bond donors (Lipinski definition) is 2. The molecule has 0 spiro atoms. The van der Waals surface area contributed by atoms with Gasteiger partial charge in [0.25, 0.3) is 0 Å². The summed E-state index contributed by atoms with van der Waals surface area (Å²) in [6, 6.07) is 1.10. The number of nitrogens with zero attached hydrogens (tertiary/aromatic N) is 2. The Kier molecular flexibility index (Phi) is 4.56. The molecular weight excluding hydrogens is 285 g/mol. The van der Waals surface area contributed by atoms with Crippen LogP contribution in [-0.2, 0) is 16.0 Å². The number of nitrogens with one attached hydrogen (secondary N) is 1. The van der Waals surface area contributed by atoms with Crippen LogP contribution in [0, 0.1) is 0 Å². The largest absolute Gasteiger partial charge is 0.451 e. The highest BCUT2D eigenvalue weighted by atomic mass is 32.2. The van der Waals surface area contributed by atoms with Gasteiger partial charge in [0.2, 0.25) is 5.82 Å². The molecule has 6 nitrogen and oxygen atoms in total. The quantitative estimate of drug-likeness (QED) is 0.839. The van der Waals surface area contributed by atoms with Crippen LogP contribution in [0.1, 0.15) is 12.7 Å². The predicted octanol–water partition coefficient (Wildman–Crippen LogP) is 0.924. The van der Waals surface area contributed by atoms with Crippen LogP contribution in [0.3, 0.4) is 0 Å². The summed E-state index contributed by atoms with van der Waals surface area (Å²) in [6.45, 7) is 1.43. The number of rotatable bonds is 5. The molecule has 1 rings (SSSR count). The topological polar surface area (TPSA) is 98.0 Å². The molecule has 0 fully saturated rings.